The molecule has 0 radical (unpaired) electrons. The highest BCUT2D eigenvalue weighted by molar-refractivity contribution is 5.71. The number of aryl methyl sites for hydroxylation is 1. The van der Waals surface area contributed by atoms with E-state index in [9.17, 15) is 13.9 Å². The van der Waals surface area contributed by atoms with Gasteiger partial charge in [0.2, 0.25) is 0 Å². The smallest absolute Gasteiger partial charge is 0.191 e. The molecule has 0 fully saturated rings. The Balaban J connectivity index is 1.65. The minimum absolute atomic E-state index is 0.456. The van der Waals surface area contributed by atoms with Crippen molar-refractivity contribution in [3.63, 3.8) is 0 Å². The highest BCUT2D eigenvalue weighted by Crippen LogP contribution is 2.48. The van der Waals surface area contributed by atoms with Gasteiger partial charge in [0.15, 0.2) is 29.1 Å². The highest BCUT2D eigenvalue weighted by atomic mass is 19.2. The number of ether oxygens (including phenoxy) is 1. The van der Waals surface area contributed by atoms with E-state index in [0.717, 1.165) is 23.3 Å². The molecule has 1 N–H and O–H groups in total. The van der Waals surface area contributed by atoms with E-state index in [1.807, 2.05) is 22.8 Å². The second-order valence-electron chi connectivity index (χ2n) is 9.35. The fraction of sp³-hybridized carbons (Fsp3) is 0.346. The number of methoxy groups -OCH3 is 1. The van der Waals surface area contributed by atoms with Crippen LogP contribution in [0.2, 0.25) is 0 Å². The number of rotatable bonds is 5. The van der Waals surface area contributed by atoms with Gasteiger partial charge in [0.25, 0.3) is 0 Å². The van der Waals surface area contributed by atoms with Crippen LogP contribution in [-0.4, -0.2) is 37.6 Å². The van der Waals surface area contributed by atoms with Crippen molar-refractivity contribution in [3.05, 3.63) is 71.5 Å². The molecular weight excluding hydrogens is 454 g/mol. The summed E-state index contributed by atoms with van der Waals surface area (Å²) >= 11 is 0. The molecule has 9 heteroatoms. The lowest BCUT2D eigenvalue weighted by molar-refractivity contribution is -0.00469. The minimum atomic E-state index is -1.33. The summed E-state index contributed by atoms with van der Waals surface area (Å²) in [5.74, 6) is 0.922. The quantitative estimate of drug-likeness (QED) is 0.430. The monoisotopic (exact) mass is 480 g/mol. The van der Waals surface area contributed by atoms with E-state index in [1.165, 1.54) is 6.07 Å². The number of benzene rings is 2. The van der Waals surface area contributed by atoms with Crippen LogP contribution in [0.1, 0.15) is 44.0 Å². The first-order chi connectivity index (χ1) is 16.7. The Bertz CT molecular complexity index is 1410. The third-order valence-corrected chi connectivity index (χ3v) is 6.87. The van der Waals surface area contributed by atoms with Gasteiger partial charge in [-0.3, -0.25) is 0 Å². The molecule has 7 nitrogen and oxygen atoms in total. The molecular formula is C26H26F2N4O3. The van der Waals surface area contributed by atoms with Gasteiger partial charge in [0, 0.05) is 19.0 Å². The Labute approximate surface area is 201 Å². The SMILES string of the molecule is COc1cc(-c2nnc3n2CCCC3(c2ccc(F)c(F)c2)C(C)(C)O)ccc1-c1cnc(C)o1. The fourth-order valence-electron chi connectivity index (χ4n) is 5.15. The molecule has 1 unspecified atom stereocenters. The lowest BCUT2D eigenvalue weighted by Gasteiger charge is -2.45. The van der Waals surface area contributed by atoms with Gasteiger partial charge >= 0.3 is 0 Å². The summed E-state index contributed by atoms with van der Waals surface area (Å²) in [6, 6.07) is 9.36. The summed E-state index contributed by atoms with van der Waals surface area (Å²) in [6.45, 7) is 5.71. The summed E-state index contributed by atoms with van der Waals surface area (Å²) in [6.07, 6.45) is 2.84. The number of fused-ring (bicyclic) bond motifs is 1. The topological polar surface area (TPSA) is 86.2 Å². The van der Waals surface area contributed by atoms with Gasteiger partial charge in [-0.2, -0.15) is 0 Å². The molecule has 0 saturated carbocycles. The number of hydrogen-bond donors (Lipinski definition) is 1. The third-order valence-electron chi connectivity index (χ3n) is 6.87. The zero-order valence-electron chi connectivity index (χ0n) is 20.0. The molecule has 3 heterocycles. The van der Waals surface area contributed by atoms with E-state index in [-0.39, 0.29) is 0 Å². The summed E-state index contributed by atoms with van der Waals surface area (Å²) in [5, 5.41) is 20.3. The average molecular weight is 481 g/mol. The molecule has 35 heavy (non-hydrogen) atoms. The minimum Gasteiger partial charge on any atom is -0.496 e. The van der Waals surface area contributed by atoms with Gasteiger partial charge in [-0.25, -0.2) is 13.8 Å². The summed E-state index contributed by atoms with van der Waals surface area (Å²) < 4.78 is 41.2. The fourth-order valence-corrected chi connectivity index (χ4v) is 5.15. The van der Waals surface area contributed by atoms with Gasteiger partial charge in [-0.15, -0.1) is 10.2 Å². The standard InChI is InChI=1S/C26H26F2N4O3/c1-15-29-14-22(35-15)18-8-6-16(12-21(18)34-4)23-30-31-24-26(25(2,3)33,10-5-11-32(23)24)17-7-9-19(27)20(28)13-17/h6-9,12-14,33H,5,10-11H2,1-4H3. The molecule has 0 aliphatic carbocycles. The number of nitrogens with zero attached hydrogens (tertiary/aromatic N) is 4. The van der Waals surface area contributed by atoms with Crippen molar-refractivity contribution in [3.8, 4) is 28.5 Å². The van der Waals surface area contributed by atoms with Crippen molar-refractivity contribution in [2.24, 2.45) is 0 Å². The van der Waals surface area contributed by atoms with Crippen LogP contribution in [0.3, 0.4) is 0 Å². The second kappa shape index (κ2) is 8.27. The number of hydrogen-bond acceptors (Lipinski definition) is 6. The van der Waals surface area contributed by atoms with Crippen LogP contribution in [0, 0.1) is 18.6 Å². The molecule has 4 aromatic rings. The lowest BCUT2D eigenvalue weighted by Crippen LogP contribution is -2.52. The van der Waals surface area contributed by atoms with Crippen LogP contribution >= 0.6 is 0 Å². The Morgan fingerprint density at radius 1 is 1.11 bits per heavy atom. The first-order valence-electron chi connectivity index (χ1n) is 11.4. The van der Waals surface area contributed by atoms with Gasteiger partial charge < -0.3 is 18.8 Å². The zero-order chi connectivity index (χ0) is 25.0. The molecule has 1 atom stereocenters. The Morgan fingerprint density at radius 3 is 2.57 bits per heavy atom. The van der Waals surface area contributed by atoms with Crippen molar-refractivity contribution in [2.75, 3.05) is 7.11 Å². The van der Waals surface area contributed by atoms with E-state index >= 15 is 0 Å². The number of aliphatic hydroxyl groups is 1. The normalized spacial score (nSPS) is 17.9. The van der Waals surface area contributed by atoms with Gasteiger partial charge in [-0.05, 0) is 56.5 Å². The molecule has 5 rings (SSSR count). The van der Waals surface area contributed by atoms with Crippen molar-refractivity contribution in [2.45, 2.75) is 51.2 Å². The Morgan fingerprint density at radius 2 is 1.91 bits per heavy atom. The predicted molar refractivity (Wildman–Crippen MR) is 125 cm³/mol. The molecule has 182 valence electrons. The highest BCUT2D eigenvalue weighted by Gasteiger charge is 2.52. The molecule has 1 aliphatic rings. The molecule has 0 saturated heterocycles. The van der Waals surface area contributed by atoms with E-state index in [1.54, 1.807) is 34.1 Å². The predicted octanol–water partition coefficient (Wildman–Crippen LogP) is 5.05. The van der Waals surface area contributed by atoms with Crippen molar-refractivity contribution in [1.82, 2.24) is 19.7 Å². The van der Waals surface area contributed by atoms with Crippen LogP contribution in [0.4, 0.5) is 8.78 Å². The maximum atomic E-state index is 14.3. The van der Waals surface area contributed by atoms with Crippen LogP contribution in [0.25, 0.3) is 22.7 Å². The Hall–Kier alpha value is -3.59. The maximum Gasteiger partial charge on any atom is 0.191 e. The van der Waals surface area contributed by atoms with E-state index in [0.29, 0.717) is 54.0 Å². The lowest BCUT2D eigenvalue weighted by atomic mass is 9.64. The van der Waals surface area contributed by atoms with Crippen LogP contribution < -0.4 is 4.74 Å². The molecule has 0 amide bonds. The molecule has 1 aliphatic heterocycles. The van der Waals surface area contributed by atoms with Crippen molar-refractivity contribution < 1.29 is 23.0 Å². The van der Waals surface area contributed by atoms with Crippen LogP contribution in [0.15, 0.2) is 47.0 Å². The van der Waals surface area contributed by atoms with E-state index in [2.05, 4.69) is 15.2 Å². The number of aromatic nitrogens is 4. The molecule has 2 aromatic carbocycles. The van der Waals surface area contributed by atoms with E-state index < -0.39 is 22.7 Å². The van der Waals surface area contributed by atoms with E-state index in [4.69, 9.17) is 9.15 Å². The Kier molecular flexibility index (Phi) is 5.47. The van der Waals surface area contributed by atoms with Crippen LogP contribution in [-0.2, 0) is 12.0 Å². The average Bonchev–Trinajstić information content (AvgIpc) is 3.46. The van der Waals surface area contributed by atoms with Gasteiger partial charge in [-0.1, -0.05) is 12.1 Å². The summed E-state index contributed by atoms with van der Waals surface area (Å²) in [7, 11) is 1.58. The number of oxazole rings is 1. The number of halogens is 2. The third kappa shape index (κ3) is 3.61. The second-order valence-corrected chi connectivity index (χ2v) is 9.35. The van der Waals surface area contributed by atoms with Crippen molar-refractivity contribution >= 4 is 0 Å². The summed E-state index contributed by atoms with van der Waals surface area (Å²) in [4.78, 5) is 4.16. The maximum absolute atomic E-state index is 14.3. The first kappa shape index (κ1) is 23.2. The summed E-state index contributed by atoms with van der Waals surface area (Å²) in [5.41, 5.74) is -0.435. The first-order valence-corrected chi connectivity index (χ1v) is 11.4. The molecule has 2 aromatic heterocycles. The molecule has 0 bridgehead atoms. The van der Waals surface area contributed by atoms with Crippen molar-refractivity contribution in [1.29, 1.82) is 0 Å². The van der Waals surface area contributed by atoms with Gasteiger partial charge in [0.05, 0.1) is 29.9 Å². The van der Waals surface area contributed by atoms with Gasteiger partial charge in [0.1, 0.15) is 11.6 Å². The molecule has 0 spiro atoms. The largest absolute Gasteiger partial charge is 0.496 e. The zero-order valence-corrected chi connectivity index (χ0v) is 20.0. The van der Waals surface area contributed by atoms with Crippen LogP contribution in [0.5, 0.6) is 5.75 Å².